The van der Waals surface area contributed by atoms with Gasteiger partial charge in [0.15, 0.2) is 0 Å². The van der Waals surface area contributed by atoms with Crippen molar-refractivity contribution in [2.24, 2.45) is 0 Å². The molecule has 0 aliphatic rings. The van der Waals surface area contributed by atoms with Crippen LogP contribution in [0.2, 0.25) is 0 Å². The van der Waals surface area contributed by atoms with Gasteiger partial charge >= 0.3 is 0 Å². The predicted octanol–water partition coefficient (Wildman–Crippen LogP) is 1.51. The third kappa shape index (κ3) is 9.96. The van der Waals surface area contributed by atoms with Gasteiger partial charge in [-0.3, -0.25) is 0 Å². The number of hydrogen-bond donors (Lipinski definition) is 1. The third-order valence-electron chi connectivity index (χ3n) is 2.30. The van der Waals surface area contributed by atoms with E-state index in [0.29, 0.717) is 0 Å². The van der Waals surface area contributed by atoms with Crippen LogP contribution < -0.4 is 0 Å². The molecule has 14 heavy (non-hydrogen) atoms. The lowest BCUT2D eigenvalue weighted by Crippen LogP contribution is -2.22. The number of aliphatic hydroxyl groups excluding tert-OH is 1. The van der Waals surface area contributed by atoms with Crippen LogP contribution in [0.4, 0.5) is 0 Å². The van der Waals surface area contributed by atoms with E-state index >= 15 is 0 Å². The monoisotopic (exact) mass is 203 g/mol. The van der Waals surface area contributed by atoms with Crippen molar-refractivity contribution in [3.63, 3.8) is 0 Å². The average molecular weight is 203 g/mol. The molecule has 0 bridgehead atoms. The van der Waals surface area contributed by atoms with Crippen LogP contribution in [0.5, 0.6) is 0 Å². The van der Waals surface area contributed by atoms with E-state index in [2.05, 4.69) is 11.9 Å². The predicted molar refractivity (Wildman–Crippen MR) is 59.5 cm³/mol. The summed E-state index contributed by atoms with van der Waals surface area (Å²) in [5.74, 6) is 0. The number of unbranched alkanes of at least 4 members (excludes halogenated alkanes) is 1. The standard InChI is InChI=1S/C11H25NO2/c1-11(13)7-4-5-8-12(2)9-6-10-14-3/h11,13H,4-10H2,1-3H3. The fraction of sp³-hybridized carbons (Fsp3) is 1.00. The molecule has 0 saturated heterocycles. The van der Waals surface area contributed by atoms with Crippen LogP contribution in [-0.2, 0) is 4.74 Å². The Kier molecular flexibility index (Phi) is 9.35. The van der Waals surface area contributed by atoms with Crippen molar-refractivity contribution in [3.8, 4) is 0 Å². The Morgan fingerprint density at radius 1 is 1.21 bits per heavy atom. The second kappa shape index (κ2) is 9.44. The summed E-state index contributed by atoms with van der Waals surface area (Å²) < 4.78 is 4.99. The summed E-state index contributed by atoms with van der Waals surface area (Å²) in [5, 5.41) is 9.06. The molecular weight excluding hydrogens is 178 g/mol. The van der Waals surface area contributed by atoms with E-state index in [1.165, 1.54) is 6.42 Å². The number of hydrogen-bond acceptors (Lipinski definition) is 3. The zero-order chi connectivity index (χ0) is 10.8. The van der Waals surface area contributed by atoms with Crippen molar-refractivity contribution >= 4 is 0 Å². The Bertz CT molecular complexity index is 118. The zero-order valence-corrected chi connectivity index (χ0v) is 9.83. The molecule has 0 spiro atoms. The second-order valence-electron chi connectivity index (χ2n) is 3.99. The van der Waals surface area contributed by atoms with E-state index in [-0.39, 0.29) is 6.10 Å². The van der Waals surface area contributed by atoms with Gasteiger partial charge in [-0.05, 0) is 46.2 Å². The van der Waals surface area contributed by atoms with Crippen molar-refractivity contribution in [3.05, 3.63) is 0 Å². The van der Waals surface area contributed by atoms with E-state index in [1.807, 2.05) is 6.92 Å². The summed E-state index contributed by atoms with van der Waals surface area (Å²) in [7, 11) is 3.88. The molecule has 0 aliphatic carbocycles. The van der Waals surface area contributed by atoms with Gasteiger partial charge < -0.3 is 14.7 Å². The molecule has 0 aliphatic heterocycles. The van der Waals surface area contributed by atoms with Gasteiger partial charge in [-0.2, -0.15) is 0 Å². The lowest BCUT2D eigenvalue weighted by molar-refractivity contribution is 0.171. The first kappa shape index (κ1) is 13.9. The number of nitrogens with zero attached hydrogens (tertiary/aromatic N) is 1. The average Bonchev–Trinajstić information content (AvgIpc) is 2.13. The van der Waals surface area contributed by atoms with Gasteiger partial charge in [-0.1, -0.05) is 0 Å². The minimum absolute atomic E-state index is 0.145. The lowest BCUT2D eigenvalue weighted by atomic mass is 10.2. The lowest BCUT2D eigenvalue weighted by Gasteiger charge is -2.16. The van der Waals surface area contributed by atoms with E-state index in [9.17, 15) is 0 Å². The van der Waals surface area contributed by atoms with Gasteiger partial charge in [0, 0.05) is 20.3 Å². The zero-order valence-electron chi connectivity index (χ0n) is 9.83. The molecule has 1 N–H and O–H groups in total. The Morgan fingerprint density at radius 3 is 2.43 bits per heavy atom. The van der Waals surface area contributed by atoms with Crippen molar-refractivity contribution in [2.45, 2.75) is 38.7 Å². The van der Waals surface area contributed by atoms with Crippen LogP contribution in [0.1, 0.15) is 32.6 Å². The maximum absolute atomic E-state index is 9.06. The summed E-state index contributed by atoms with van der Waals surface area (Å²) in [5.41, 5.74) is 0. The summed E-state index contributed by atoms with van der Waals surface area (Å²) in [6.45, 7) is 4.92. The number of aliphatic hydroxyl groups is 1. The van der Waals surface area contributed by atoms with Gasteiger partial charge in [-0.25, -0.2) is 0 Å². The highest BCUT2D eigenvalue weighted by Gasteiger charge is 1.99. The normalized spacial score (nSPS) is 13.5. The molecule has 86 valence electrons. The Labute approximate surface area is 88.1 Å². The van der Waals surface area contributed by atoms with Crippen LogP contribution in [0, 0.1) is 0 Å². The summed E-state index contributed by atoms with van der Waals surface area (Å²) in [6.07, 6.45) is 4.17. The minimum atomic E-state index is -0.145. The molecule has 0 heterocycles. The number of rotatable bonds is 9. The largest absolute Gasteiger partial charge is 0.393 e. The van der Waals surface area contributed by atoms with Gasteiger partial charge in [0.05, 0.1) is 6.10 Å². The summed E-state index contributed by atoms with van der Waals surface area (Å²) in [4.78, 5) is 2.32. The highest BCUT2D eigenvalue weighted by atomic mass is 16.5. The molecule has 0 rings (SSSR count). The van der Waals surface area contributed by atoms with Gasteiger partial charge in [-0.15, -0.1) is 0 Å². The highest BCUT2D eigenvalue weighted by Crippen LogP contribution is 2.01. The summed E-state index contributed by atoms with van der Waals surface area (Å²) >= 11 is 0. The van der Waals surface area contributed by atoms with Crippen LogP contribution >= 0.6 is 0 Å². The van der Waals surface area contributed by atoms with E-state index in [4.69, 9.17) is 9.84 Å². The van der Waals surface area contributed by atoms with E-state index in [0.717, 1.165) is 39.0 Å². The van der Waals surface area contributed by atoms with E-state index < -0.39 is 0 Å². The summed E-state index contributed by atoms with van der Waals surface area (Å²) in [6, 6.07) is 0. The van der Waals surface area contributed by atoms with Gasteiger partial charge in [0.25, 0.3) is 0 Å². The Morgan fingerprint density at radius 2 is 1.86 bits per heavy atom. The fourth-order valence-electron chi connectivity index (χ4n) is 1.41. The van der Waals surface area contributed by atoms with E-state index in [1.54, 1.807) is 7.11 Å². The molecule has 0 aromatic carbocycles. The molecule has 3 nitrogen and oxygen atoms in total. The molecule has 1 atom stereocenters. The van der Waals surface area contributed by atoms with Crippen LogP contribution in [0.25, 0.3) is 0 Å². The first-order chi connectivity index (χ1) is 6.66. The first-order valence-electron chi connectivity index (χ1n) is 5.52. The maximum Gasteiger partial charge on any atom is 0.0512 e. The topological polar surface area (TPSA) is 32.7 Å². The Hall–Kier alpha value is -0.120. The molecule has 0 radical (unpaired) electrons. The Balaban J connectivity index is 3.14. The highest BCUT2D eigenvalue weighted by molar-refractivity contribution is 4.54. The maximum atomic E-state index is 9.06. The molecule has 0 saturated carbocycles. The fourth-order valence-corrected chi connectivity index (χ4v) is 1.41. The van der Waals surface area contributed by atoms with Crippen LogP contribution in [0.15, 0.2) is 0 Å². The number of methoxy groups -OCH3 is 1. The molecule has 1 unspecified atom stereocenters. The van der Waals surface area contributed by atoms with Crippen LogP contribution in [-0.4, -0.2) is 50.0 Å². The molecule has 0 amide bonds. The van der Waals surface area contributed by atoms with Crippen molar-refractivity contribution in [1.29, 1.82) is 0 Å². The van der Waals surface area contributed by atoms with Crippen molar-refractivity contribution in [2.75, 3.05) is 33.9 Å². The molecule has 0 aromatic rings. The van der Waals surface area contributed by atoms with Crippen molar-refractivity contribution in [1.82, 2.24) is 4.90 Å². The molecule has 3 heteroatoms. The van der Waals surface area contributed by atoms with Crippen LogP contribution in [0.3, 0.4) is 0 Å². The van der Waals surface area contributed by atoms with Gasteiger partial charge in [0.1, 0.15) is 0 Å². The number of ether oxygens (including phenoxy) is 1. The SMILES string of the molecule is COCCCN(C)CCCCC(C)O. The molecule has 0 fully saturated rings. The smallest absolute Gasteiger partial charge is 0.0512 e. The third-order valence-corrected chi connectivity index (χ3v) is 2.30. The van der Waals surface area contributed by atoms with Gasteiger partial charge in [0.2, 0.25) is 0 Å². The first-order valence-corrected chi connectivity index (χ1v) is 5.52. The molecular formula is C11H25NO2. The second-order valence-corrected chi connectivity index (χ2v) is 3.99. The molecule has 0 aromatic heterocycles. The minimum Gasteiger partial charge on any atom is -0.393 e. The van der Waals surface area contributed by atoms with Crippen molar-refractivity contribution < 1.29 is 9.84 Å². The quantitative estimate of drug-likeness (QED) is 0.577.